The molecule has 0 saturated heterocycles. The third kappa shape index (κ3) is 4.28. The fourth-order valence-corrected chi connectivity index (χ4v) is 4.67. The fourth-order valence-electron chi connectivity index (χ4n) is 4.38. The second-order valence-electron chi connectivity index (χ2n) is 7.98. The fraction of sp³-hybridized carbons (Fsp3) is 0.280. The quantitative estimate of drug-likeness (QED) is 0.510. The average molecular weight is 466 g/mol. The highest BCUT2D eigenvalue weighted by molar-refractivity contribution is 6.31. The van der Waals surface area contributed by atoms with E-state index in [1.165, 1.54) is 17.4 Å². The van der Waals surface area contributed by atoms with Crippen molar-refractivity contribution in [1.82, 2.24) is 14.5 Å². The summed E-state index contributed by atoms with van der Waals surface area (Å²) in [5, 5.41) is 0.427. The van der Waals surface area contributed by atoms with Crippen molar-refractivity contribution in [1.29, 1.82) is 0 Å². The first-order chi connectivity index (χ1) is 15.9. The van der Waals surface area contributed by atoms with E-state index in [1.54, 1.807) is 35.9 Å². The summed E-state index contributed by atoms with van der Waals surface area (Å²) in [6.07, 6.45) is 5.27. The van der Waals surface area contributed by atoms with E-state index >= 15 is 0 Å². The van der Waals surface area contributed by atoms with E-state index in [0.29, 0.717) is 23.4 Å². The van der Waals surface area contributed by atoms with Gasteiger partial charge in [0.05, 0.1) is 12.5 Å². The lowest BCUT2D eigenvalue weighted by Gasteiger charge is -2.43. The molecule has 7 nitrogen and oxygen atoms in total. The van der Waals surface area contributed by atoms with Gasteiger partial charge in [-0.2, -0.15) is 0 Å². The number of Topliss-reactive ketones (excluding diaryl/α,β-unsaturated/α-hetero) is 1. The average Bonchev–Trinajstić information content (AvgIpc) is 3.33. The molecule has 1 saturated carbocycles. The number of nitrogens with zero attached hydrogens (tertiary/aromatic N) is 3. The summed E-state index contributed by atoms with van der Waals surface area (Å²) in [5.41, 5.74) is 0.370. The van der Waals surface area contributed by atoms with Crippen molar-refractivity contribution >= 4 is 29.3 Å². The Morgan fingerprint density at radius 2 is 1.85 bits per heavy atom. The van der Waals surface area contributed by atoms with Gasteiger partial charge in [-0.15, -0.1) is 0 Å². The molecular weight excluding hydrogens is 442 g/mol. The number of likely N-dealkylation sites (N-methyl/N-ethyl adjacent to an activating group) is 1. The molecule has 8 heteroatoms. The Labute approximate surface area is 196 Å². The molecule has 33 heavy (non-hydrogen) atoms. The minimum atomic E-state index is -1.17. The maximum atomic E-state index is 13.2. The van der Waals surface area contributed by atoms with Gasteiger partial charge in [0.2, 0.25) is 0 Å². The van der Waals surface area contributed by atoms with Crippen molar-refractivity contribution in [3.8, 4) is 5.69 Å². The number of aromatic nitrogens is 2. The summed E-state index contributed by atoms with van der Waals surface area (Å²) in [7, 11) is 1.57. The SMILES string of the molecule is CN(C(=O)COC(=O)c1cncn1-c1ccccc1)C1(c2ccccc2Cl)CCCCC1=O. The summed E-state index contributed by atoms with van der Waals surface area (Å²) >= 11 is 6.45. The first-order valence-corrected chi connectivity index (χ1v) is 11.1. The number of imidazole rings is 1. The van der Waals surface area contributed by atoms with Crippen LogP contribution in [-0.2, 0) is 19.9 Å². The van der Waals surface area contributed by atoms with Crippen LogP contribution in [0.15, 0.2) is 67.1 Å². The molecule has 1 amide bonds. The van der Waals surface area contributed by atoms with Gasteiger partial charge in [0, 0.05) is 29.7 Å². The number of carbonyl (C=O) groups is 3. The first kappa shape index (κ1) is 22.7. The molecule has 0 N–H and O–H groups in total. The van der Waals surface area contributed by atoms with E-state index in [4.69, 9.17) is 16.3 Å². The van der Waals surface area contributed by atoms with Crippen molar-refractivity contribution in [2.45, 2.75) is 31.2 Å². The highest BCUT2D eigenvalue weighted by Gasteiger charge is 2.48. The smallest absolute Gasteiger partial charge is 0.357 e. The number of benzene rings is 2. The van der Waals surface area contributed by atoms with Crippen LogP contribution in [0.25, 0.3) is 5.69 Å². The van der Waals surface area contributed by atoms with Gasteiger partial charge in [0.25, 0.3) is 5.91 Å². The van der Waals surface area contributed by atoms with E-state index in [0.717, 1.165) is 18.5 Å². The number of amides is 1. The Bertz CT molecular complexity index is 1180. The second-order valence-corrected chi connectivity index (χ2v) is 8.39. The summed E-state index contributed by atoms with van der Waals surface area (Å²) in [6.45, 7) is -0.505. The van der Waals surface area contributed by atoms with Crippen LogP contribution in [0.3, 0.4) is 0 Å². The minimum absolute atomic E-state index is 0.0637. The molecule has 1 heterocycles. The van der Waals surface area contributed by atoms with Gasteiger partial charge in [-0.3, -0.25) is 14.2 Å². The summed E-state index contributed by atoms with van der Waals surface area (Å²) < 4.78 is 6.92. The van der Waals surface area contributed by atoms with Crippen LogP contribution in [0.1, 0.15) is 41.7 Å². The zero-order chi connectivity index (χ0) is 23.4. The van der Waals surface area contributed by atoms with Gasteiger partial charge in [-0.25, -0.2) is 9.78 Å². The molecule has 1 aliphatic carbocycles. The van der Waals surface area contributed by atoms with Gasteiger partial charge in [0.15, 0.2) is 18.1 Å². The second kappa shape index (κ2) is 9.58. The number of halogens is 1. The highest BCUT2D eigenvalue weighted by atomic mass is 35.5. The van der Waals surface area contributed by atoms with Gasteiger partial charge in [-0.05, 0) is 37.5 Å². The number of para-hydroxylation sites is 1. The predicted molar refractivity (Wildman–Crippen MR) is 123 cm³/mol. The third-order valence-corrected chi connectivity index (χ3v) is 6.46. The Morgan fingerprint density at radius 1 is 1.12 bits per heavy atom. The molecule has 0 aliphatic heterocycles. The van der Waals surface area contributed by atoms with Gasteiger partial charge in [-0.1, -0.05) is 48.0 Å². The van der Waals surface area contributed by atoms with E-state index < -0.39 is 24.0 Å². The molecule has 0 spiro atoms. The molecule has 1 aliphatic rings. The monoisotopic (exact) mass is 465 g/mol. The topological polar surface area (TPSA) is 81.5 Å². The number of rotatable bonds is 6. The lowest BCUT2D eigenvalue weighted by molar-refractivity contribution is -0.150. The molecule has 2 aromatic carbocycles. The van der Waals surface area contributed by atoms with Crippen LogP contribution in [-0.4, -0.2) is 45.8 Å². The zero-order valence-corrected chi connectivity index (χ0v) is 19.0. The number of ketones is 1. The van der Waals surface area contributed by atoms with Crippen LogP contribution in [0.5, 0.6) is 0 Å². The summed E-state index contributed by atoms with van der Waals surface area (Å²) in [4.78, 5) is 44.5. The van der Waals surface area contributed by atoms with Crippen LogP contribution < -0.4 is 0 Å². The minimum Gasteiger partial charge on any atom is -0.451 e. The predicted octanol–water partition coefficient (Wildman–Crippen LogP) is 4.18. The molecule has 1 fully saturated rings. The van der Waals surface area contributed by atoms with E-state index in [-0.39, 0.29) is 11.5 Å². The molecular formula is C25H24ClN3O4. The van der Waals surface area contributed by atoms with Crippen molar-refractivity contribution in [3.63, 3.8) is 0 Å². The Kier molecular flexibility index (Phi) is 6.60. The largest absolute Gasteiger partial charge is 0.451 e. The van der Waals surface area contributed by atoms with Crippen molar-refractivity contribution in [2.24, 2.45) is 0 Å². The molecule has 0 radical (unpaired) electrons. The lowest BCUT2D eigenvalue weighted by Crippen LogP contribution is -2.55. The van der Waals surface area contributed by atoms with Crippen molar-refractivity contribution < 1.29 is 19.1 Å². The standard InChI is InChI=1S/C25H24ClN3O4/c1-28(25(14-8-7-13-22(25)30)19-11-5-6-12-20(19)26)23(31)16-33-24(32)21-15-27-17-29(21)18-9-3-2-4-10-18/h2-6,9-12,15,17H,7-8,13-14,16H2,1H3. The van der Waals surface area contributed by atoms with E-state index in [9.17, 15) is 14.4 Å². The van der Waals surface area contributed by atoms with Crippen molar-refractivity contribution in [2.75, 3.05) is 13.7 Å². The Hall–Kier alpha value is -3.45. The number of carbonyl (C=O) groups excluding carboxylic acids is 3. The summed E-state index contributed by atoms with van der Waals surface area (Å²) in [5.74, 6) is -1.23. The van der Waals surface area contributed by atoms with Gasteiger partial charge in [0.1, 0.15) is 5.54 Å². The maximum Gasteiger partial charge on any atom is 0.357 e. The molecule has 1 unspecified atom stereocenters. The molecule has 1 aromatic heterocycles. The highest BCUT2D eigenvalue weighted by Crippen LogP contribution is 2.42. The normalized spacial score (nSPS) is 18.1. The van der Waals surface area contributed by atoms with Crippen LogP contribution >= 0.6 is 11.6 Å². The number of esters is 1. The first-order valence-electron chi connectivity index (χ1n) is 10.7. The third-order valence-electron chi connectivity index (χ3n) is 6.13. The van der Waals surface area contributed by atoms with Gasteiger partial charge < -0.3 is 9.64 Å². The van der Waals surface area contributed by atoms with Crippen LogP contribution in [0, 0.1) is 0 Å². The molecule has 0 bridgehead atoms. The van der Waals surface area contributed by atoms with Crippen LogP contribution in [0.2, 0.25) is 5.02 Å². The molecule has 4 rings (SSSR count). The zero-order valence-electron chi connectivity index (χ0n) is 18.2. The van der Waals surface area contributed by atoms with Crippen molar-refractivity contribution in [3.05, 3.63) is 83.4 Å². The molecule has 3 aromatic rings. The summed E-state index contributed by atoms with van der Waals surface area (Å²) in [6, 6.07) is 16.3. The molecule has 170 valence electrons. The number of hydrogen-bond donors (Lipinski definition) is 0. The van der Waals surface area contributed by atoms with Gasteiger partial charge >= 0.3 is 5.97 Å². The maximum absolute atomic E-state index is 13.2. The number of ether oxygens (including phenoxy) is 1. The lowest BCUT2D eigenvalue weighted by atomic mass is 9.74. The van der Waals surface area contributed by atoms with Crippen LogP contribution in [0.4, 0.5) is 0 Å². The van der Waals surface area contributed by atoms with E-state index in [1.807, 2.05) is 30.3 Å². The Balaban J connectivity index is 1.54. The Morgan fingerprint density at radius 3 is 2.58 bits per heavy atom. The van der Waals surface area contributed by atoms with E-state index in [2.05, 4.69) is 4.98 Å². The molecule has 1 atom stereocenters. The number of hydrogen-bond acceptors (Lipinski definition) is 5.